The van der Waals surface area contributed by atoms with Crippen molar-refractivity contribution in [1.29, 1.82) is 0 Å². The molecule has 3 amide bonds. The summed E-state index contributed by atoms with van der Waals surface area (Å²) in [6.45, 7) is 2.75. The number of likely N-dealkylation sites (tertiary alicyclic amines) is 1. The minimum Gasteiger partial charge on any atom is -0.493 e. The van der Waals surface area contributed by atoms with Crippen LogP contribution in [0.15, 0.2) is 24.3 Å². The molecule has 0 aliphatic carbocycles. The van der Waals surface area contributed by atoms with Gasteiger partial charge in [0.2, 0.25) is 5.91 Å². The molecule has 1 saturated heterocycles. The normalized spacial score (nSPS) is 19.9. The molecule has 0 saturated carbocycles. The quantitative estimate of drug-likeness (QED) is 0.814. The molecule has 6 heteroatoms. The van der Waals surface area contributed by atoms with E-state index in [0.717, 1.165) is 43.7 Å². The lowest BCUT2D eigenvalue weighted by Gasteiger charge is -2.26. The molecular weight excluding hydrogens is 294 g/mol. The molecule has 0 spiro atoms. The number of hydrogen-bond acceptors (Lipinski definition) is 3. The second kappa shape index (κ2) is 7.35. The van der Waals surface area contributed by atoms with Gasteiger partial charge >= 0.3 is 6.03 Å². The van der Waals surface area contributed by atoms with Crippen molar-refractivity contribution in [3.05, 3.63) is 29.8 Å². The number of benzene rings is 1. The van der Waals surface area contributed by atoms with Crippen LogP contribution in [0.5, 0.6) is 5.75 Å². The zero-order chi connectivity index (χ0) is 16.1. The Morgan fingerprint density at radius 2 is 2.22 bits per heavy atom. The number of nitrogens with one attached hydrogen (secondary N) is 2. The summed E-state index contributed by atoms with van der Waals surface area (Å²) < 4.78 is 5.59. The van der Waals surface area contributed by atoms with Crippen LogP contribution >= 0.6 is 0 Å². The molecule has 124 valence electrons. The van der Waals surface area contributed by atoms with Gasteiger partial charge in [0, 0.05) is 38.0 Å². The maximum absolute atomic E-state index is 12.0. The highest BCUT2D eigenvalue weighted by Gasteiger charge is 2.22. The lowest BCUT2D eigenvalue weighted by Crippen LogP contribution is -2.40. The second-order valence-corrected chi connectivity index (χ2v) is 5.97. The summed E-state index contributed by atoms with van der Waals surface area (Å²) in [5.41, 5.74) is 1.02. The molecule has 23 heavy (non-hydrogen) atoms. The Bertz CT molecular complexity index is 576. The minimum atomic E-state index is -0.167. The number of carbonyl (C=O) groups excluding carboxylic acids is 2. The molecule has 0 aromatic heterocycles. The van der Waals surface area contributed by atoms with Crippen molar-refractivity contribution < 1.29 is 14.3 Å². The smallest absolute Gasteiger partial charge is 0.315 e. The number of hydrogen-bond donors (Lipinski definition) is 2. The van der Waals surface area contributed by atoms with Crippen molar-refractivity contribution in [3.63, 3.8) is 0 Å². The van der Waals surface area contributed by atoms with Crippen LogP contribution in [0.3, 0.4) is 0 Å². The van der Waals surface area contributed by atoms with Gasteiger partial charge in [0.15, 0.2) is 0 Å². The molecule has 6 nitrogen and oxygen atoms in total. The van der Waals surface area contributed by atoms with E-state index in [0.29, 0.717) is 19.6 Å². The lowest BCUT2D eigenvalue weighted by atomic mass is 10.0. The molecule has 1 unspecified atom stereocenters. The predicted molar refractivity (Wildman–Crippen MR) is 86.3 cm³/mol. The van der Waals surface area contributed by atoms with E-state index in [4.69, 9.17) is 4.74 Å². The van der Waals surface area contributed by atoms with Gasteiger partial charge in [-0.25, -0.2) is 4.79 Å². The summed E-state index contributed by atoms with van der Waals surface area (Å²) in [7, 11) is 0. The van der Waals surface area contributed by atoms with Gasteiger partial charge in [0.1, 0.15) is 5.75 Å². The Morgan fingerprint density at radius 1 is 1.35 bits per heavy atom. The van der Waals surface area contributed by atoms with Crippen LogP contribution in [-0.4, -0.2) is 43.1 Å². The first-order valence-corrected chi connectivity index (χ1v) is 8.28. The molecule has 2 aliphatic rings. The summed E-state index contributed by atoms with van der Waals surface area (Å²) in [6.07, 6.45) is 3.17. The molecular formula is C17H23N3O3. The molecule has 1 fully saturated rings. The third-order valence-corrected chi connectivity index (χ3v) is 4.33. The minimum absolute atomic E-state index is 0.0138. The number of amides is 3. The Hall–Kier alpha value is -2.24. The number of carbonyl (C=O) groups is 2. The average molecular weight is 317 g/mol. The van der Waals surface area contributed by atoms with Gasteiger partial charge in [-0.3, -0.25) is 4.79 Å². The predicted octanol–water partition coefficient (Wildman–Crippen LogP) is 1.82. The highest BCUT2D eigenvalue weighted by atomic mass is 16.5. The number of fused-ring (bicyclic) bond motifs is 1. The molecule has 1 aromatic rings. The Kier molecular flexibility index (Phi) is 5.00. The van der Waals surface area contributed by atoms with Crippen LogP contribution in [0.25, 0.3) is 0 Å². The van der Waals surface area contributed by atoms with Crippen molar-refractivity contribution in [3.8, 4) is 5.75 Å². The third kappa shape index (κ3) is 3.94. The SMILES string of the molecule is O=C(NCCCN1CCCC1=O)NC1CCOc2ccccc21. The number of nitrogens with zero attached hydrogens (tertiary/aromatic N) is 1. The van der Waals surface area contributed by atoms with Gasteiger partial charge in [-0.05, 0) is 18.9 Å². The number of ether oxygens (including phenoxy) is 1. The fourth-order valence-corrected chi connectivity index (χ4v) is 3.11. The fourth-order valence-electron chi connectivity index (χ4n) is 3.11. The van der Waals surface area contributed by atoms with Crippen molar-refractivity contribution in [2.24, 2.45) is 0 Å². The summed E-state index contributed by atoms with van der Waals surface area (Å²) in [6, 6.07) is 7.61. The first-order valence-electron chi connectivity index (χ1n) is 8.28. The van der Waals surface area contributed by atoms with Gasteiger partial charge in [0.05, 0.1) is 12.6 Å². The lowest BCUT2D eigenvalue weighted by molar-refractivity contribution is -0.127. The van der Waals surface area contributed by atoms with Gasteiger partial charge in [-0.2, -0.15) is 0 Å². The summed E-state index contributed by atoms with van der Waals surface area (Å²) in [5, 5.41) is 5.87. The molecule has 3 rings (SSSR count). The highest BCUT2D eigenvalue weighted by Crippen LogP contribution is 2.31. The first-order chi connectivity index (χ1) is 11.2. The standard InChI is InChI=1S/C17H23N3O3/c21-16-7-3-10-20(16)11-4-9-18-17(22)19-14-8-12-23-15-6-2-1-5-13(14)15/h1-2,5-6,14H,3-4,7-12H2,(H2,18,19,22). The fraction of sp³-hybridized carbons (Fsp3) is 0.529. The Labute approximate surface area is 136 Å². The molecule has 2 N–H and O–H groups in total. The molecule has 1 atom stereocenters. The monoisotopic (exact) mass is 317 g/mol. The van der Waals surface area contributed by atoms with Crippen LogP contribution in [0, 0.1) is 0 Å². The zero-order valence-corrected chi connectivity index (χ0v) is 13.2. The molecule has 0 bridgehead atoms. The average Bonchev–Trinajstić information content (AvgIpc) is 2.97. The third-order valence-electron chi connectivity index (χ3n) is 4.33. The summed E-state index contributed by atoms with van der Waals surface area (Å²) in [5.74, 6) is 1.07. The van der Waals surface area contributed by atoms with Gasteiger partial charge in [-0.1, -0.05) is 18.2 Å². The van der Waals surface area contributed by atoms with E-state index in [1.54, 1.807) is 0 Å². The first kappa shape index (κ1) is 15.6. The molecule has 0 radical (unpaired) electrons. The molecule has 1 aromatic carbocycles. The van der Waals surface area contributed by atoms with Gasteiger partial charge < -0.3 is 20.3 Å². The number of para-hydroxylation sites is 1. The maximum Gasteiger partial charge on any atom is 0.315 e. The van der Waals surface area contributed by atoms with E-state index in [9.17, 15) is 9.59 Å². The number of urea groups is 1. The zero-order valence-electron chi connectivity index (χ0n) is 13.2. The van der Waals surface area contributed by atoms with E-state index >= 15 is 0 Å². The summed E-state index contributed by atoms with van der Waals surface area (Å²) in [4.78, 5) is 25.4. The largest absolute Gasteiger partial charge is 0.493 e. The van der Waals surface area contributed by atoms with Crippen LogP contribution < -0.4 is 15.4 Å². The molecule has 2 aliphatic heterocycles. The van der Waals surface area contributed by atoms with Crippen molar-refractivity contribution in [2.75, 3.05) is 26.2 Å². The Morgan fingerprint density at radius 3 is 3.04 bits per heavy atom. The van der Waals surface area contributed by atoms with Crippen molar-refractivity contribution in [2.45, 2.75) is 31.7 Å². The van der Waals surface area contributed by atoms with Crippen molar-refractivity contribution in [1.82, 2.24) is 15.5 Å². The van der Waals surface area contributed by atoms with Gasteiger partial charge in [-0.15, -0.1) is 0 Å². The summed E-state index contributed by atoms with van der Waals surface area (Å²) >= 11 is 0. The second-order valence-electron chi connectivity index (χ2n) is 5.97. The van der Waals surface area contributed by atoms with E-state index in [2.05, 4.69) is 10.6 Å². The van der Waals surface area contributed by atoms with E-state index < -0.39 is 0 Å². The van der Waals surface area contributed by atoms with E-state index in [1.165, 1.54) is 0 Å². The molecule has 2 heterocycles. The maximum atomic E-state index is 12.0. The van der Waals surface area contributed by atoms with Crippen LogP contribution in [0.2, 0.25) is 0 Å². The highest BCUT2D eigenvalue weighted by molar-refractivity contribution is 5.78. The van der Waals surface area contributed by atoms with E-state index in [-0.39, 0.29) is 18.0 Å². The van der Waals surface area contributed by atoms with Gasteiger partial charge in [0.25, 0.3) is 0 Å². The van der Waals surface area contributed by atoms with E-state index in [1.807, 2.05) is 29.2 Å². The Balaban J connectivity index is 1.41. The van der Waals surface area contributed by atoms with Crippen molar-refractivity contribution >= 4 is 11.9 Å². The topological polar surface area (TPSA) is 70.7 Å². The van der Waals surface area contributed by atoms with Crippen LogP contribution in [0.4, 0.5) is 4.79 Å². The number of rotatable bonds is 5. The van der Waals surface area contributed by atoms with Crippen LogP contribution in [0.1, 0.15) is 37.3 Å². The van der Waals surface area contributed by atoms with Crippen LogP contribution in [-0.2, 0) is 4.79 Å².